The number of hydrazone groups is 1. The highest BCUT2D eigenvalue weighted by Gasteiger charge is 2.52. The fourth-order valence-electron chi connectivity index (χ4n) is 4.04. The number of hydrogen-bond donors (Lipinski definition) is 0. The van der Waals surface area contributed by atoms with Crippen LogP contribution in [0.5, 0.6) is 0 Å². The molecule has 1 amide bonds. The Labute approximate surface area is 165 Å². The molecule has 0 N–H and O–H groups in total. The number of carbonyl (C=O) groups excluding carboxylic acids is 1. The minimum Gasteiger partial charge on any atom is -0.414 e. The quantitative estimate of drug-likeness (QED) is 0.618. The normalized spacial score (nSPS) is 26.6. The summed E-state index contributed by atoms with van der Waals surface area (Å²) >= 11 is 0. The molecule has 0 radical (unpaired) electrons. The maximum atomic E-state index is 13.4. The van der Waals surface area contributed by atoms with Crippen LogP contribution < -0.4 is 5.01 Å². The summed E-state index contributed by atoms with van der Waals surface area (Å²) < 4.78 is 6.64. The second-order valence-electron chi connectivity index (χ2n) is 9.51. The van der Waals surface area contributed by atoms with Crippen molar-refractivity contribution in [1.82, 2.24) is 0 Å². The highest BCUT2D eigenvalue weighted by Crippen LogP contribution is 2.47. The van der Waals surface area contributed by atoms with Gasteiger partial charge in [-0.25, -0.2) is 0 Å². The van der Waals surface area contributed by atoms with E-state index in [9.17, 15) is 4.79 Å². The summed E-state index contributed by atoms with van der Waals surface area (Å²) in [4.78, 5) is 13.4. The zero-order valence-corrected chi connectivity index (χ0v) is 18.7. The van der Waals surface area contributed by atoms with E-state index in [0.29, 0.717) is 0 Å². The SMILES string of the molecule is CCC1=NN(c2ccccc2)C(=O)C12CCC(O[Si](C)(C)C(C)(C)C)CC2. The first kappa shape index (κ1) is 20.3. The molecule has 1 aliphatic carbocycles. The molecule has 1 fully saturated rings. The van der Waals surface area contributed by atoms with Crippen LogP contribution in [-0.4, -0.2) is 26.0 Å². The van der Waals surface area contributed by atoms with Crippen LogP contribution in [0, 0.1) is 5.41 Å². The Balaban J connectivity index is 1.75. The summed E-state index contributed by atoms with van der Waals surface area (Å²) in [5.41, 5.74) is 1.49. The van der Waals surface area contributed by atoms with Gasteiger partial charge in [0, 0.05) is 6.10 Å². The van der Waals surface area contributed by atoms with Crippen molar-refractivity contribution in [3.8, 4) is 0 Å². The molecule has 1 aromatic carbocycles. The number of anilines is 1. The number of carbonyl (C=O) groups is 1. The van der Waals surface area contributed by atoms with Gasteiger partial charge in [-0.1, -0.05) is 45.9 Å². The molecule has 1 saturated carbocycles. The molecule has 0 atom stereocenters. The number of para-hydroxylation sites is 1. The van der Waals surface area contributed by atoms with Crippen molar-refractivity contribution < 1.29 is 9.22 Å². The molecule has 0 unspecified atom stereocenters. The molecule has 0 saturated heterocycles. The third kappa shape index (κ3) is 3.64. The van der Waals surface area contributed by atoms with E-state index in [-0.39, 0.29) is 17.0 Å². The summed E-state index contributed by atoms with van der Waals surface area (Å²) in [6.07, 6.45) is 4.68. The van der Waals surface area contributed by atoms with Crippen molar-refractivity contribution in [1.29, 1.82) is 0 Å². The smallest absolute Gasteiger partial charge is 0.259 e. The molecule has 1 spiro atoms. The number of rotatable bonds is 4. The molecule has 4 nitrogen and oxygen atoms in total. The van der Waals surface area contributed by atoms with E-state index >= 15 is 0 Å². The summed E-state index contributed by atoms with van der Waals surface area (Å²) in [6.45, 7) is 13.6. The number of nitrogens with zero attached hydrogens (tertiary/aromatic N) is 2. The topological polar surface area (TPSA) is 41.9 Å². The second-order valence-corrected chi connectivity index (χ2v) is 14.3. The Morgan fingerprint density at radius 2 is 1.78 bits per heavy atom. The van der Waals surface area contributed by atoms with Gasteiger partial charge in [0.1, 0.15) is 0 Å². The molecule has 0 aromatic heterocycles. The van der Waals surface area contributed by atoms with E-state index in [1.807, 2.05) is 30.3 Å². The average molecular weight is 387 g/mol. The highest BCUT2D eigenvalue weighted by molar-refractivity contribution is 6.74. The van der Waals surface area contributed by atoms with Crippen LogP contribution in [-0.2, 0) is 9.22 Å². The molecular weight excluding hydrogens is 352 g/mol. The van der Waals surface area contributed by atoms with Crippen molar-refractivity contribution >= 4 is 25.6 Å². The maximum Gasteiger partial charge on any atom is 0.259 e. The van der Waals surface area contributed by atoms with Crippen LogP contribution in [0.25, 0.3) is 0 Å². The van der Waals surface area contributed by atoms with Gasteiger partial charge < -0.3 is 4.43 Å². The molecule has 1 heterocycles. The molecule has 1 aliphatic heterocycles. The van der Waals surface area contributed by atoms with Gasteiger partial charge in [0.2, 0.25) is 0 Å². The standard InChI is InChI=1S/C22H34N2O2Si/c1-7-19-22(20(25)24(23-19)17-11-9-8-10-12-17)15-13-18(14-16-22)26-27(5,6)21(2,3)4/h8-12,18H,7,13-16H2,1-6H3. The van der Waals surface area contributed by atoms with Crippen LogP contribution in [0.4, 0.5) is 5.69 Å². The van der Waals surface area contributed by atoms with Crippen LogP contribution in [0.15, 0.2) is 35.4 Å². The number of benzene rings is 1. The Kier molecular flexibility index (Phi) is 5.39. The molecule has 0 bridgehead atoms. The predicted molar refractivity (Wildman–Crippen MR) is 115 cm³/mol. The van der Waals surface area contributed by atoms with Gasteiger partial charge >= 0.3 is 0 Å². The molecule has 3 rings (SSSR count). The lowest BCUT2D eigenvalue weighted by molar-refractivity contribution is -0.125. The molecule has 5 heteroatoms. The van der Waals surface area contributed by atoms with E-state index in [1.165, 1.54) is 0 Å². The molecule has 148 valence electrons. The first-order chi connectivity index (χ1) is 12.6. The van der Waals surface area contributed by atoms with Crippen molar-refractivity contribution in [3.05, 3.63) is 30.3 Å². The number of amides is 1. The minimum atomic E-state index is -1.78. The summed E-state index contributed by atoms with van der Waals surface area (Å²) in [6, 6.07) is 9.80. The average Bonchev–Trinajstić information content (AvgIpc) is 2.89. The van der Waals surface area contributed by atoms with Crippen molar-refractivity contribution in [3.63, 3.8) is 0 Å². The lowest BCUT2D eigenvalue weighted by atomic mass is 9.69. The van der Waals surface area contributed by atoms with Crippen LogP contribution >= 0.6 is 0 Å². The second kappa shape index (κ2) is 7.17. The van der Waals surface area contributed by atoms with Gasteiger partial charge in [-0.15, -0.1) is 0 Å². The van der Waals surface area contributed by atoms with Crippen LogP contribution in [0.1, 0.15) is 59.8 Å². The first-order valence-electron chi connectivity index (χ1n) is 10.3. The minimum absolute atomic E-state index is 0.149. The lowest BCUT2D eigenvalue weighted by Gasteiger charge is -2.43. The first-order valence-corrected chi connectivity index (χ1v) is 13.2. The van der Waals surface area contributed by atoms with Gasteiger partial charge in [0.25, 0.3) is 5.91 Å². The molecule has 1 aromatic rings. The zero-order valence-electron chi connectivity index (χ0n) is 17.7. The van der Waals surface area contributed by atoms with Gasteiger partial charge in [-0.05, 0) is 62.4 Å². The van der Waals surface area contributed by atoms with Gasteiger partial charge in [0.15, 0.2) is 8.32 Å². The molecule has 2 aliphatic rings. The van der Waals surface area contributed by atoms with Gasteiger partial charge in [-0.2, -0.15) is 10.1 Å². The van der Waals surface area contributed by atoms with Gasteiger partial charge in [0.05, 0.1) is 16.8 Å². The summed E-state index contributed by atoms with van der Waals surface area (Å²) in [7, 11) is -1.78. The van der Waals surface area contributed by atoms with Crippen LogP contribution in [0.2, 0.25) is 18.1 Å². The Hall–Kier alpha value is -1.46. The Bertz CT molecular complexity index is 714. The maximum absolute atomic E-state index is 13.4. The van der Waals surface area contributed by atoms with E-state index in [0.717, 1.165) is 43.5 Å². The van der Waals surface area contributed by atoms with Crippen molar-refractivity contribution in [2.45, 2.75) is 84.0 Å². The predicted octanol–water partition coefficient (Wildman–Crippen LogP) is 5.75. The largest absolute Gasteiger partial charge is 0.414 e. The Morgan fingerprint density at radius 3 is 2.30 bits per heavy atom. The van der Waals surface area contributed by atoms with E-state index in [4.69, 9.17) is 9.53 Å². The molecule has 27 heavy (non-hydrogen) atoms. The van der Waals surface area contributed by atoms with Crippen molar-refractivity contribution in [2.75, 3.05) is 5.01 Å². The van der Waals surface area contributed by atoms with E-state index < -0.39 is 13.7 Å². The fourth-order valence-corrected chi connectivity index (χ4v) is 5.46. The van der Waals surface area contributed by atoms with E-state index in [2.05, 4.69) is 40.8 Å². The van der Waals surface area contributed by atoms with Crippen LogP contribution in [0.3, 0.4) is 0 Å². The van der Waals surface area contributed by atoms with Gasteiger partial charge in [-0.3, -0.25) is 4.79 Å². The zero-order chi connectivity index (χ0) is 19.9. The number of hydrogen-bond acceptors (Lipinski definition) is 3. The molecular formula is C22H34N2O2Si. The van der Waals surface area contributed by atoms with Crippen molar-refractivity contribution in [2.24, 2.45) is 10.5 Å². The summed E-state index contributed by atoms with van der Waals surface area (Å²) in [5, 5.41) is 6.59. The van der Waals surface area contributed by atoms with E-state index in [1.54, 1.807) is 5.01 Å². The summed E-state index contributed by atoms with van der Waals surface area (Å²) in [5.74, 6) is 0.149. The fraction of sp³-hybridized carbons (Fsp3) is 0.636. The highest BCUT2D eigenvalue weighted by atomic mass is 28.4. The lowest BCUT2D eigenvalue weighted by Crippen LogP contribution is -2.48. The monoisotopic (exact) mass is 386 g/mol. The Morgan fingerprint density at radius 1 is 1.19 bits per heavy atom. The third-order valence-corrected chi connectivity index (χ3v) is 11.3. The third-order valence-electron chi connectivity index (χ3n) is 6.76.